The molecule has 128 valence electrons. The van der Waals surface area contributed by atoms with Crippen LogP contribution in [0, 0.1) is 5.82 Å². The average Bonchev–Trinajstić information content (AvgIpc) is 3.04. The molecule has 3 rings (SSSR count). The minimum absolute atomic E-state index is 0.202. The Labute approximate surface area is 152 Å². The van der Waals surface area contributed by atoms with Gasteiger partial charge in [-0.15, -0.1) is 22.0 Å². The Bertz CT molecular complexity index is 841. The number of aromatic nitrogens is 2. The van der Waals surface area contributed by atoms with Crippen molar-refractivity contribution in [2.45, 2.75) is 11.5 Å². The van der Waals surface area contributed by atoms with E-state index in [0.717, 1.165) is 5.01 Å². The van der Waals surface area contributed by atoms with Crippen LogP contribution in [0.4, 0.5) is 20.0 Å². The molecule has 0 atom stereocenters. The predicted molar refractivity (Wildman–Crippen MR) is 100 cm³/mol. The number of urea groups is 1. The fourth-order valence-electron chi connectivity index (χ4n) is 2.01. The number of thioether (sulfide) groups is 1. The number of halogens is 1. The maximum absolute atomic E-state index is 13.5. The summed E-state index contributed by atoms with van der Waals surface area (Å²) in [6.45, 7) is 0. The second kappa shape index (κ2) is 8.59. The third-order valence-electron chi connectivity index (χ3n) is 3.16. The molecular weight excluding hydrogens is 359 g/mol. The molecule has 0 spiro atoms. The van der Waals surface area contributed by atoms with E-state index < -0.39 is 0 Å². The van der Waals surface area contributed by atoms with E-state index in [-0.39, 0.29) is 11.8 Å². The van der Waals surface area contributed by atoms with Crippen molar-refractivity contribution in [3.8, 4) is 0 Å². The molecule has 1 heterocycles. The molecule has 0 fully saturated rings. The maximum atomic E-state index is 13.5. The molecule has 1 aromatic heterocycles. The lowest BCUT2D eigenvalue weighted by molar-refractivity contribution is 0.262. The van der Waals surface area contributed by atoms with Gasteiger partial charge in [0.1, 0.15) is 10.8 Å². The molecule has 5 nitrogen and oxygen atoms in total. The van der Waals surface area contributed by atoms with Crippen molar-refractivity contribution in [2.24, 2.45) is 0 Å². The molecule has 8 heteroatoms. The van der Waals surface area contributed by atoms with Crippen molar-refractivity contribution < 1.29 is 9.18 Å². The molecule has 25 heavy (non-hydrogen) atoms. The summed E-state index contributed by atoms with van der Waals surface area (Å²) < 4.78 is 13.5. The summed E-state index contributed by atoms with van der Waals surface area (Å²) >= 11 is 2.85. The molecule has 0 aliphatic heterocycles. The summed E-state index contributed by atoms with van der Waals surface area (Å²) in [4.78, 5) is 11.9. The van der Waals surface area contributed by atoms with E-state index in [1.807, 2.05) is 24.3 Å². The van der Waals surface area contributed by atoms with E-state index in [0.29, 0.717) is 27.9 Å². The monoisotopic (exact) mass is 374 g/mol. The number of hydrogen-bond donors (Lipinski definition) is 2. The topological polar surface area (TPSA) is 66.9 Å². The van der Waals surface area contributed by atoms with Crippen LogP contribution >= 0.6 is 23.1 Å². The van der Waals surface area contributed by atoms with Crippen LogP contribution in [-0.2, 0) is 11.5 Å². The first-order valence-corrected chi connectivity index (χ1v) is 9.44. The number of benzene rings is 2. The predicted octanol–water partition coefficient (Wildman–Crippen LogP) is 4.75. The summed E-state index contributed by atoms with van der Waals surface area (Å²) in [7, 11) is 0. The Morgan fingerprint density at radius 3 is 2.56 bits per heavy atom. The van der Waals surface area contributed by atoms with Gasteiger partial charge in [-0.25, -0.2) is 9.18 Å². The number of carbonyl (C=O) groups excluding carboxylic acids is 1. The number of para-hydroxylation sites is 1. The van der Waals surface area contributed by atoms with Crippen LogP contribution in [0.25, 0.3) is 0 Å². The average molecular weight is 374 g/mol. The zero-order valence-corrected chi connectivity index (χ0v) is 14.7. The number of carbonyl (C=O) groups is 1. The van der Waals surface area contributed by atoms with Crippen molar-refractivity contribution >= 4 is 39.9 Å². The Morgan fingerprint density at radius 2 is 1.76 bits per heavy atom. The van der Waals surface area contributed by atoms with Crippen LogP contribution < -0.4 is 10.6 Å². The molecule has 2 N–H and O–H groups in total. The van der Waals surface area contributed by atoms with Crippen molar-refractivity contribution in [1.82, 2.24) is 10.2 Å². The highest BCUT2D eigenvalue weighted by atomic mass is 32.2. The minimum atomic E-state index is -0.368. The summed E-state index contributed by atoms with van der Waals surface area (Å²) in [6, 6.07) is 15.5. The Balaban J connectivity index is 1.47. The number of hydrogen-bond acceptors (Lipinski definition) is 5. The van der Waals surface area contributed by atoms with Gasteiger partial charge < -0.3 is 5.32 Å². The van der Waals surface area contributed by atoms with Crippen LogP contribution in [0.2, 0.25) is 0 Å². The van der Waals surface area contributed by atoms with Gasteiger partial charge in [-0.1, -0.05) is 47.7 Å². The van der Waals surface area contributed by atoms with E-state index >= 15 is 0 Å². The van der Waals surface area contributed by atoms with E-state index in [1.54, 1.807) is 36.0 Å². The smallest absolute Gasteiger partial charge is 0.308 e. The summed E-state index contributed by atoms with van der Waals surface area (Å²) in [5, 5.41) is 14.6. The molecule has 0 unspecified atom stereocenters. The molecule has 0 aliphatic rings. The van der Waals surface area contributed by atoms with Gasteiger partial charge in [0.15, 0.2) is 0 Å². The van der Waals surface area contributed by atoms with Crippen LogP contribution in [0.5, 0.6) is 0 Å². The van der Waals surface area contributed by atoms with Crippen molar-refractivity contribution in [3.63, 3.8) is 0 Å². The molecule has 0 bridgehead atoms. The number of anilines is 2. The van der Waals surface area contributed by atoms with E-state index in [2.05, 4.69) is 20.8 Å². The molecule has 0 saturated heterocycles. The largest absolute Gasteiger partial charge is 0.325 e. The normalized spacial score (nSPS) is 10.4. The second-order valence-corrected chi connectivity index (χ2v) is 7.08. The number of nitrogens with one attached hydrogen (secondary N) is 2. The highest BCUT2D eigenvalue weighted by Crippen LogP contribution is 2.23. The number of rotatable bonds is 6. The fraction of sp³-hybridized carbons (Fsp3) is 0.118. The van der Waals surface area contributed by atoms with Gasteiger partial charge in [-0.3, -0.25) is 5.32 Å². The lowest BCUT2D eigenvalue weighted by atomic mass is 10.2. The molecule has 0 aliphatic carbocycles. The zero-order valence-electron chi connectivity index (χ0n) is 13.1. The van der Waals surface area contributed by atoms with Crippen LogP contribution in [0.1, 0.15) is 10.6 Å². The number of amides is 2. The lowest BCUT2D eigenvalue weighted by Gasteiger charge is -2.04. The molecule has 3 aromatic rings. The van der Waals surface area contributed by atoms with Gasteiger partial charge in [0.2, 0.25) is 5.13 Å². The quantitative estimate of drug-likeness (QED) is 0.653. The highest BCUT2D eigenvalue weighted by molar-refractivity contribution is 7.97. The van der Waals surface area contributed by atoms with Gasteiger partial charge in [0.05, 0.1) is 0 Å². The molecule has 2 amide bonds. The summed E-state index contributed by atoms with van der Waals surface area (Å²) in [5.74, 6) is 0.963. The molecule has 0 saturated carbocycles. The third kappa shape index (κ3) is 5.27. The highest BCUT2D eigenvalue weighted by Gasteiger charge is 2.09. The van der Waals surface area contributed by atoms with E-state index in [9.17, 15) is 9.18 Å². The van der Waals surface area contributed by atoms with Crippen molar-refractivity contribution in [3.05, 3.63) is 71.0 Å². The maximum Gasteiger partial charge on any atom is 0.325 e. The Kier molecular flexibility index (Phi) is 5.97. The van der Waals surface area contributed by atoms with Gasteiger partial charge in [0.25, 0.3) is 0 Å². The molecular formula is C17H15FN4OS2. The van der Waals surface area contributed by atoms with Gasteiger partial charge in [-0.2, -0.15) is 0 Å². The van der Waals surface area contributed by atoms with Gasteiger partial charge in [0, 0.05) is 17.2 Å². The second-order valence-electron chi connectivity index (χ2n) is 5.03. The zero-order chi connectivity index (χ0) is 17.5. The lowest BCUT2D eigenvalue weighted by Crippen LogP contribution is -2.19. The minimum Gasteiger partial charge on any atom is -0.308 e. The van der Waals surface area contributed by atoms with Gasteiger partial charge >= 0.3 is 6.03 Å². The Hall–Kier alpha value is -2.45. The van der Waals surface area contributed by atoms with E-state index in [4.69, 9.17) is 0 Å². The van der Waals surface area contributed by atoms with Gasteiger partial charge in [-0.05, 0) is 23.8 Å². The van der Waals surface area contributed by atoms with E-state index in [1.165, 1.54) is 17.4 Å². The first-order valence-electron chi connectivity index (χ1n) is 7.47. The SMILES string of the molecule is O=C(Nc1ccccc1)Nc1nnc(CSCc2ccccc2F)s1. The summed E-state index contributed by atoms with van der Waals surface area (Å²) in [6.07, 6.45) is 0. The first-order chi connectivity index (χ1) is 12.2. The van der Waals surface area contributed by atoms with Crippen LogP contribution in [0.15, 0.2) is 54.6 Å². The fourth-order valence-corrected chi connectivity index (χ4v) is 3.81. The number of nitrogens with zero attached hydrogens (tertiary/aromatic N) is 2. The third-order valence-corrected chi connectivity index (χ3v) is 5.17. The summed E-state index contributed by atoms with van der Waals surface area (Å²) in [5.41, 5.74) is 1.36. The van der Waals surface area contributed by atoms with Crippen molar-refractivity contribution in [2.75, 3.05) is 10.6 Å². The standard InChI is InChI=1S/C17H15FN4OS2/c18-14-9-5-4-6-12(14)10-24-11-15-21-22-17(25-15)20-16(23)19-13-7-2-1-3-8-13/h1-9H,10-11H2,(H2,19,20,22,23). The van der Waals surface area contributed by atoms with Crippen molar-refractivity contribution in [1.29, 1.82) is 0 Å². The molecule has 0 radical (unpaired) electrons. The van der Waals surface area contributed by atoms with Crippen LogP contribution in [-0.4, -0.2) is 16.2 Å². The Morgan fingerprint density at radius 1 is 1.00 bits per heavy atom. The first kappa shape index (κ1) is 17.4. The molecule has 2 aromatic carbocycles. The van der Waals surface area contributed by atoms with Crippen LogP contribution in [0.3, 0.4) is 0 Å².